The predicted octanol–water partition coefficient (Wildman–Crippen LogP) is 3.79. The van der Waals surface area contributed by atoms with Crippen molar-refractivity contribution >= 4 is 0 Å². The maximum atomic E-state index is 12.5. The van der Waals surface area contributed by atoms with Crippen LogP contribution in [0, 0.1) is 0 Å². The maximum absolute atomic E-state index is 12.5. The molecular weight excluding hydrogens is 260 g/mol. The molecule has 1 N–H and O–H groups in total. The first-order valence-electron chi connectivity index (χ1n) is 6.45. The van der Waals surface area contributed by atoms with Crippen molar-refractivity contribution in [3.8, 4) is 5.75 Å². The molecule has 0 aliphatic heterocycles. The third kappa shape index (κ3) is 3.78. The van der Waals surface area contributed by atoms with E-state index in [0.717, 1.165) is 11.1 Å². The smallest absolute Gasteiger partial charge is 0.387 e. The molecule has 2 rings (SSSR count). The Kier molecular flexibility index (Phi) is 5.07. The first kappa shape index (κ1) is 14.5. The van der Waals surface area contributed by atoms with Gasteiger partial charge in [0.1, 0.15) is 5.75 Å². The lowest BCUT2D eigenvalue weighted by atomic mass is 9.98. The highest BCUT2D eigenvalue weighted by Crippen LogP contribution is 2.28. The Hall–Kier alpha value is -1.94. The molecule has 0 aliphatic rings. The zero-order chi connectivity index (χ0) is 14.4. The van der Waals surface area contributed by atoms with E-state index in [1.807, 2.05) is 49.5 Å². The molecule has 0 radical (unpaired) electrons. The second kappa shape index (κ2) is 7.01. The first-order chi connectivity index (χ1) is 9.70. The molecule has 20 heavy (non-hydrogen) atoms. The molecule has 0 spiro atoms. The fourth-order valence-electron chi connectivity index (χ4n) is 2.19. The molecule has 0 aliphatic carbocycles. The number of rotatable bonds is 6. The van der Waals surface area contributed by atoms with E-state index in [9.17, 15) is 8.78 Å². The molecule has 106 valence electrons. The van der Waals surface area contributed by atoms with Crippen LogP contribution >= 0.6 is 0 Å². The first-order valence-corrected chi connectivity index (χ1v) is 6.45. The van der Waals surface area contributed by atoms with Crippen LogP contribution in [0.5, 0.6) is 5.75 Å². The Morgan fingerprint density at radius 3 is 2.30 bits per heavy atom. The minimum Gasteiger partial charge on any atom is -0.434 e. The van der Waals surface area contributed by atoms with Crippen LogP contribution in [0.2, 0.25) is 0 Å². The Labute approximate surface area is 117 Å². The van der Waals surface area contributed by atoms with Crippen molar-refractivity contribution in [1.29, 1.82) is 0 Å². The second-order valence-electron chi connectivity index (χ2n) is 4.45. The normalized spacial score (nSPS) is 12.4. The number of benzene rings is 2. The molecule has 1 unspecified atom stereocenters. The number of hydrogen-bond donors (Lipinski definition) is 1. The Bertz CT molecular complexity index is 531. The van der Waals surface area contributed by atoms with E-state index >= 15 is 0 Å². The lowest BCUT2D eigenvalue weighted by molar-refractivity contribution is -0.0507. The highest BCUT2D eigenvalue weighted by atomic mass is 19.3. The predicted molar refractivity (Wildman–Crippen MR) is 75.0 cm³/mol. The minimum atomic E-state index is -2.81. The molecule has 0 fully saturated rings. The zero-order valence-corrected chi connectivity index (χ0v) is 11.2. The Balaban J connectivity index is 2.23. The average Bonchev–Trinajstić information content (AvgIpc) is 2.46. The third-order valence-corrected chi connectivity index (χ3v) is 3.14. The fraction of sp³-hybridized carbons (Fsp3) is 0.250. The van der Waals surface area contributed by atoms with Gasteiger partial charge >= 0.3 is 6.61 Å². The summed E-state index contributed by atoms with van der Waals surface area (Å²) >= 11 is 0. The SMILES string of the molecule is CNC(Cc1ccccc1)c1ccccc1OC(F)F. The van der Waals surface area contributed by atoms with Crippen LogP contribution in [-0.4, -0.2) is 13.7 Å². The van der Waals surface area contributed by atoms with Crippen LogP contribution in [-0.2, 0) is 6.42 Å². The van der Waals surface area contributed by atoms with Gasteiger partial charge in [-0.3, -0.25) is 0 Å². The summed E-state index contributed by atoms with van der Waals surface area (Å²) in [6.45, 7) is -2.81. The molecule has 0 saturated carbocycles. The standard InChI is InChI=1S/C16H17F2NO/c1-19-14(11-12-7-3-2-4-8-12)13-9-5-6-10-15(13)20-16(17)18/h2-10,14,16,19H,11H2,1H3. The molecule has 1 atom stereocenters. The fourth-order valence-corrected chi connectivity index (χ4v) is 2.19. The van der Waals surface area contributed by atoms with E-state index in [2.05, 4.69) is 10.1 Å². The van der Waals surface area contributed by atoms with Gasteiger partial charge in [-0.1, -0.05) is 48.5 Å². The van der Waals surface area contributed by atoms with Gasteiger partial charge in [0.15, 0.2) is 0 Å². The topological polar surface area (TPSA) is 21.3 Å². The molecule has 2 aromatic rings. The average molecular weight is 277 g/mol. The molecule has 4 heteroatoms. The molecule has 2 aromatic carbocycles. The second-order valence-corrected chi connectivity index (χ2v) is 4.45. The molecule has 2 nitrogen and oxygen atoms in total. The Morgan fingerprint density at radius 2 is 1.65 bits per heavy atom. The van der Waals surface area contributed by atoms with Gasteiger partial charge in [-0.2, -0.15) is 8.78 Å². The number of nitrogens with one attached hydrogen (secondary N) is 1. The van der Waals surface area contributed by atoms with E-state index in [-0.39, 0.29) is 11.8 Å². The van der Waals surface area contributed by atoms with Crippen molar-refractivity contribution in [2.75, 3.05) is 7.05 Å². The van der Waals surface area contributed by atoms with Crippen molar-refractivity contribution < 1.29 is 13.5 Å². The molecule has 0 heterocycles. The molecule has 0 saturated heterocycles. The van der Waals surface area contributed by atoms with E-state index < -0.39 is 6.61 Å². The summed E-state index contributed by atoms with van der Waals surface area (Å²) in [5.74, 6) is 0.220. The van der Waals surface area contributed by atoms with Crippen LogP contribution in [0.4, 0.5) is 8.78 Å². The Morgan fingerprint density at radius 1 is 1.00 bits per heavy atom. The van der Waals surface area contributed by atoms with Gasteiger partial charge in [0.05, 0.1) is 0 Å². The number of para-hydroxylation sites is 1. The molecule has 0 bridgehead atoms. The maximum Gasteiger partial charge on any atom is 0.387 e. The quantitative estimate of drug-likeness (QED) is 0.867. The van der Waals surface area contributed by atoms with E-state index in [1.54, 1.807) is 12.1 Å². The highest BCUT2D eigenvalue weighted by Gasteiger charge is 2.17. The van der Waals surface area contributed by atoms with Gasteiger partial charge < -0.3 is 10.1 Å². The van der Waals surface area contributed by atoms with Crippen LogP contribution in [0.3, 0.4) is 0 Å². The van der Waals surface area contributed by atoms with Gasteiger partial charge in [0.25, 0.3) is 0 Å². The van der Waals surface area contributed by atoms with E-state index in [1.165, 1.54) is 0 Å². The minimum absolute atomic E-state index is 0.0765. The van der Waals surface area contributed by atoms with Gasteiger partial charge in [-0.25, -0.2) is 0 Å². The molecular formula is C16H17F2NO. The summed E-state index contributed by atoms with van der Waals surface area (Å²) in [6, 6.07) is 16.7. The van der Waals surface area contributed by atoms with Gasteiger partial charge in [-0.05, 0) is 25.1 Å². The number of ether oxygens (including phenoxy) is 1. The largest absolute Gasteiger partial charge is 0.434 e. The highest BCUT2D eigenvalue weighted by molar-refractivity contribution is 5.37. The number of alkyl halides is 2. The zero-order valence-electron chi connectivity index (χ0n) is 11.2. The van der Waals surface area contributed by atoms with Gasteiger partial charge in [0.2, 0.25) is 0 Å². The summed E-state index contributed by atoms with van der Waals surface area (Å²) in [5, 5.41) is 3.16. The monoisotopic (exact) mass is 277 g/mol. The number of halogens is 2. The summed E-state index contributed by atoms with van der Waals surface area (Å²) in [5.41, 5.74) is 1.87. The lowest BCUT2D eigenvalue weighted by Gasteiger charge is -2.20. The van der Waals surface area contributed by atoms with Crippen LogP contribution in [0.15, 0.2) is 54.6 Å². The van der Waals surface area contributed by atoms with Crippen LogP contribution in [0.25, 0.3) is 0 Å². The van der Waals surface area contributed by atoms with Crippen molar-refractivity contribution in [2.24, 2.45) is 0 Å². The summed E-state index contributed by atoms with van der Waals surface area (Å²) in [7, 11) is 1.81. The van der Waals surface area contributed by atoms with Gasteiger partial charge in [0, 0.05) is 11.6 Å². The lowest BCUT2D eigenvalue weighted by Crippen LogP contribution is -2.20. The van der Waals surface area contributed by atoms with Crippen molar-refractivity contribution in [3.63, 3.8) is 0 Å². The van der Waals surface area contributed by atoms with Crippen molar-refractivity contribution in [3.05, 3.63) is 65.7 Å². The van der Waals surface area contributed by atoms with Gasteiger partial charge in [-0.15, -0.1) is 0 Å². The van der Waals surface area contributed by atoms with Crippen molar-refractivity contribution in [2.45, 2.75) is 19.1 Å². The van der Waals surface area contributed by atoms with Crippen molar-refractivity contribution in [1.82, 2.24) is 5.32 Å². The summed E-state index contributed by atoms with van der Waals surface area (Å²) < 4.78 is 29.5. The molecule has 0 aromatic heterocycles. The van der Waals surface area contributed by atoms with E-state index in [4.69, 9.17) is 0 Å². The summed E-state index contributed by atoms with van der Waals surface area (Å²) in [6.07, 6.45) is 0.709. The number of hydrogen-bond acceptors (Lipinski definition) is 2. The van der Waals surface area contributed by atoms with Crippen LogP contribution in [0.1, 0.15) is 17.2 Å². The molecule has 0 amide bonds. The van der Waals surface area contributed by atoms with Crippen LogP contribution < -0.4 is 10.1 Å². The third-order valence-electron chi connectivity index (χ3n) is 3.14. The summed E-state index contributed by atoms with van der Waals surface area (Å²) in [4.78, 5) is 0. The van der Waals surface area contributed by atoms with E-state index in [0.29, 0.717) is 6.42 Å². The number of likely N-dealkylation sites (N-methyl/N-ethyl adjacent to an activating group) is 1.